The summed E-state index contributed by atoms with van der Waals surface area (Å²) >= 11 is 0. The average Bonchev–Trinajstić information content (AvgIpc) is 3.08. The summed E-state index contributed by atoms with van der Waals surface area (Å²) < 4.78 is 7.07. The third kappa shape index (κ3) is 3.27. The molecule has 2 heterocycles. The topological polar surface area (TPSA) is 77.1 Å². The van der Waals surface area contributed by atoms with E-state index in [1.165, 1.54) is 12.1 Å². The van der Waals surface area contributed by atoms with Crippen molar-refractivity contribution in [3.05, 3.63) is 82.2 Å². The molecule has 1 amide bonds. The Hall–Kier alpha value is -3.15. The van der Waals surface area contributed by atoms with E-state index in [0.717, 1.165) is 11.3 Å². The van der Waals surface area contributed by atoms with Gasteiger partial charge in [0.25, 0.3) is 5.91 Å². The van der Waals surface area contributed by atoms with Gasteiger partial charge >= 0.3 is 0 Å². The summed E-state index contributed by atoms with van der Waals surface area (Å²) in [4.78, 5) is 23.9. The van der Waals surface area contributed by atoms with Crippen LogP contribution in [0.3, 0.4) is 0 Å². The Morgan fingerprint density at radius 2 is 2.04 bits per heavy atom. The molecular formula is C18H17N3O3. The Labute approximate surface area is 138 Å². The molecule has 0 bridgehead atoms. The molecule has 0 radical (unpaired) electrons. The van der Waals surface area contributed by atoms with Gasteiger partial charge in [0.2, 0.25) is 0 Å². The molecular weight excluding hydrogens is 306 g/mol. The van der Waals surface area contributed by atoms with Crippen molar-refractivity contribution in [2.75, 3.05) is 0 Å². The zero-order valence-corrected chi connectivity index (χ0v) is 13.4. The summed E-state index contributed by atoms with van der Waals surface area (Å²) in [5.41, 5.74) is 1.53. The predicted molar refractivity (Wildman–Crippen MR) is 89.2 cm³/mol. The number of carbonyl (C=O) groups is 1. The van der Waals surface area contributed by atoms with Gasteiger partial charge in [-0.1, -0.05) is 18.2 Å². The smallest absolute Gasteiger partial charge is 0.287 e. The summed E-state index contributed by atoms with van der Waals surface area (Å²) in [5.74, 6) is -0.0285. The van der Waals surface area contributed by atoms with Gasteiger partial charge in [0.15, 0.2) is 11.2 Å². The fraction of sp³-hybridized carbons (Fsp3) is 0.167. The minimum Gasteiger partial charge on any atom is -0.456 e. The molecule has 2 aromatic heterocycles. The Balaban J connectivity index is 1.87. The second kappa shape index (κ2) is 6.54. The number of para-hydroxylation sites is 1. The number of amides is 1. The van der Waals surface area contributed by atoms with Crippen LogP contribution < -0.4 is 10.7 Å². The van der Waals surface area contributed by atoms with Crippen molar-refractivity contribution < 1.29 is 9.21 Å². The normalized spacial score (nSPS) is 11.9. The first-order valence-electron chi connectivity index (χ1n) is 7.56. The lowest BCUT2D eigenvalue weighted by Crippen LogP contribution is -2.28. The molecule has 0 aliphatic heterocycles. The third-order valence-electron chi connectivity index (χ3n) is 3.62. The van der Waals surface area contributed by atoms with Gasteiger partial charge in [0, 0.05) is 24.5 Å². The molecule has 0 aliphatic rings. The van der Waals surface area contributed by atoms with E-state index in [4.69, 9.17) is 4.42 Å². The number of hydrogen-bond donors (Lipinski definition) is 1. The third-order valence-corrected chi connectivity index (χ3v) is 3.62. The van der Waals surface area contributed by atoms with Crippen LogP contribution in [0.25, 0.3) is 5.69 Å². The summed E-state index contributed by atoms with van der Waals surface area (Å²) in [7, 11) is 0. The van der Waals surface area contributed by atoms with E-state index in [-0.39, 0.29) is 17.2 Å². The first kappa shape index (κ1) is 15.7. The number of hydrogen-bond acceptors (Lipinski definition) is 4. The highest BCUT2D eigenvalue weighted by Crippen LogP contribution is 2.21. The van der Waals surface area contributed by atoms with Crippen LogP contribution in [0.1, 0.15) is 34.8 Å². The molecule has 0 spiro atoms. The minimum absolute atomic E-state index is 0.00317. The number of benzene rings is 1. The van der Waals surface area contributed by atoms with Gasteiger partial charge in [-0.25, -0.2) is 4.68 Å². The molecule has 1 N–H and O–H groups in total. The van der Waals surface area contributed by atoms with Crippen LogP contribution >= 0.6 is 0 Å². The van der Waals surface area contributed by atoms with Gasteiger partial charge in [0.05, 0.1) is 11.7 Å². The first-order valence-corrected chi connectivity index (χ1v) is 7.56. The summed E-state index contributed by atoms with van der Waals surface area (Å²) in [6.45, 7) is 3.50. The molecule has 24 heavy (non-hydrogen) atoms. The number of carbonyl (C=O) groups excluding carboxylic acids is 1. The predicted octanol–water partition coefficient (Wildman–Crippen LogP) is 2.62. The molecule has 3 aromatic rings. The second-order valence-electron chi connectivity index (χ2n) is 5.47. The van der Waals surface area contributed by atoms with Gasteiger partial charge in [-0.05, 0) is 31.5 Å². The SMILES string of the molecule is Cc1cc(=O)cc(C(=O)N[C@H](C)c2ccccc2-n2cccn2)o1. The molecule has 0 aliphatic carbocycles. The molecule has 0 saturated carbocycles. The van der Waals surface area contributed by atoms with Crippen molar-refractivity contribution in [3.8, 4) is 5.69 Å². The quantitative estimate of drug-likeness (QED) is 0.800. The number of aromatic nitrogens is 2. The Morgan fingerprint density at radius 3 is 2.75 bits per heavy atom. The van der Waals surface area contributed by atoms with Crippen LogP contribution in [-0.4, -0.2) is 15.7 Å². The van der Waals surface area contributed by atoms with Crippen molar-refractivity contribution in [2.45, 2.75) is 19.9 Å². The maximum absolute atomic E-state index is 12.4. The molecule has 1 atom stereocenters. The van der Waals surface area contributed by atoms with E-state index in [2.05, 4.69) is 10.4 Å². The average molecular weight is 323 g/mol. The standard InChI is InChI=1S/C18H17N3O3/c1-12-10-14(22)11-17(24-12)18(23)20-13(2)15-6-3-4-7-16(15)21-9-5-8-19-21/h3-11,13H,1-2H3,(H,20,23)/t13-/m1/s1. The largest absolute Gasteiger partial charge is 0.456 e. The highest BCUT2D eigenvalue weighted by molar-refractivity contribution is 5.91. The van der Waals surface area contributed by atoms with Crippen molar-refractivity contribution in [3.63, 3.8) is 0 Å². The Bertz CT molecular complexity index is 913. The van der Waals surface area contributed by atoms with Crippen molar-refractivity contribution in [1.82, 2.24) is 15.1 Å². The number of rotatable bonds is 4. The van der Waals surface area contributed by atoms with Crippen LogP contribution in [0, 0.1) is 6.92 Å². The van der Waals surface area contributed by atoms with Gasteiger partial charge < -0.3 is 9.73 Å². The fourth-order valence-corrected chi connectivity index (χ4v) is 2.53. The zero-order chi connectivity index (χ0) is 17.1. The maximum atomic E-state index is 12.4. The Kier molecular flexibility index (Phi) is 4.29. The lowest BCUT2D eigenvalue weighted by Gasteiger charge is -2.17. The first-order chi connectivity index (χ1) is 11.5. The molecule has 1 aromatic carbocycles. The molecule has 0 unspecified atom stereocenters. The summed E-state index contributed by atoms with van der Waals surface area (Å²) in [5, 5.41) is 7.09. The van der Waals surface area contributed by atoms with Gasteiger partial charge in [-0.3, -0.25) is 9.59 Å². The second-order valence-corrected chi connectivity index (χ2v) is 5.47. The molecule has 6 nitrogen and oxygen atoms in total. The van der Waals surface area contributed by atoms with Crippen LogP contribution in [0.4, 0.5) is 0 Å². The number of nitrogens with zero attached hydrogens (tertiary/aromatic N) is 2. The Morgan fingerprint density at radius 1 is 1.25 bits per heavy atom. The zero-order valence-electron chi connectivity index (χ0n) is 13.4. The fourth-order valence-electron chi connectivity index (χ4n) is 2.53. The van der Waals surface area contributed by atoms with E-state index < -0.39 is 5.91 Å². The van der Waals surface area contributed by atoms with Gasteiger partial charge in [-0.2, -0.15) is 5.10 Å². The highest BCUT2D eigenvalue weighted by Gasteiger charge is 2.17. The maximum Gasteiger partial charge on any atom is 0.287 e. The molecule has 0 fully saturated rings. The van der Waals surface area contributed by atoms with E-state index in [0.29, 0.717) is 5.76 Å². The molecule has 122 valence electrons. The lowest BCUT2D eigenvalue weighted by atomic mass is 10.1. The monoisotopic (exact) mass is 323 g/mol. The van der Waals surface area contributed by atoms with Crippen molar-refractivity contribution in [2.24, 2.45) is 0 Å². The van der Waals surface area contributed by atoms with E-state index in [9.17, 15) is 9.59 Å². The van der Waals surface area contributed by atoms with Crippen LogP contribution in [-0.2, 0) is 0 Å². The van der Waals surface area contributed by atoms with Gasteiger partial charge in [0.1, 0.15) is 5.76 Å². The van der Waals surface area contributed by atoms with Crippen LogP contribution in [0.15, 0.2) is 64.1 Å². The number of nitrogens with one attached hydrogen (secondary N) is 1. The van der Waals surface area contributed by atoms with E-state index in [1.54, 1.807) is 17.8 Å². The van der Waals surface area contributed by atoms with Gasteiger partial charge in [-0.15, -0.1) is 0 Å². The van der Waals surface area contributed by atoms with Crippen LogP contribution in [0.2, 0.25) is 0 Å². The summed E-state index contributed by atoms with van der Waals surface area (Å²) in [6, 6.07) is 11.7. The summed E-state index contributed by atoms with van der Waals surface area (Å²) in [6.07, 6.45) is 3.54. The molecule has 6 heteroatoms. The van der Waals surface area contributed by atoms with Crippen molar-refractivity contribution >= 4 is 5.91 Å². The van der Waals surface area contributed by atoms with E-state index >= 15 is 0 Å². The highest BCUT2D eigenvalue weighted by atomic mass is 16.3. The molecule has 0 saturated heterocycles. The molecule has 3 rings (SSSR count). The van der Waals surface area contributed by atoms with Crippen LogP contribution in [0.5, 0.6) is 0 Å². The van der Waals surface area contributed by atoms with E-state index in [1.807, 2.05) is 43.5 Å². The number of aryl methyl sites for hydroxylation is 1. The van der Waals surface area contributed by atoms with Crippen molar-refractivity contribution in [1.29, 1.82) is 0 Å². The minimum atomic E-state index is -0.432. The lowest BCUT2D eigenvalue weighted by molar-refractivity contribution is 0.0907.